The molecule has 0 saturated carbocycles. The fourth-order valence-electron chi connectivity index (χ4n) is 3.20. The summed E-state index contributed by atoms with van der Waals surface area (Å²) in [5, 5.41) is 0. The predicted molar refractivity (Wildman–Crippen MR) is 92.1 cm³/mol. The second-order valence-electron chi connectivity index (χ2n) is 5.88. The van der Waals surface area contributed by atoms with Gasteiger partial charge in [0.25, 0.3) is 0 Å². The van der Waals surface area contributed by atoms with Crippen LogP contribution >= 0.6 is 12.2 Å². The Hall–Kier alpha value is -1.47. The highest BCUT2D eigenvalue weighted by atomic mass is 32.1. The highest BCUT2D eigenvalue weighted by Crippen LogP contribution is 2.25. The van der Waals surface area contributed by atoms with E-state index in [9.17, 15) is 0 Å². The zero-order chi connectivity index (χ0) is 15.0. The van der Waals surface area contributed by atoms with Gasteiger partial charge in [-0.15, -0.1) is 0 Å². The average molecular weight is 282 g/mol. The molecule has 104 valence electrons. The number of aryl methyl sites for hydroxylation is 6. The summed E-state index contributed by atoms with van der Waals surface area (Å²) in [6, 6.07) is 8.86. The van der Waals surface area contributed by atoms with Crippen LogP contribution in [-0.4, -0.2) is 4.86 Å². The highest BCUT2D eigenvalue weighted by molar-refractivity contribution is 7.81. The Balaban J connectivity index is 2.64. The quantitative estimate of drug-likeness (QED) is 0.532. The van der Waals surface area contributed by atoms with Gasteiger partial charge in [0.05, 0.1) is 4.86 Å². The number of benzene rings is 2. The molecule has 0 atom stereocenters. The molecule has 20 heavy (non-hydrogen) atoms. The van der Waals surface area contributed by atoms with Crippen LogP contribution in [0.4, 0.5) is 0 Å². The summed E-state index contributed by atoms with van der Waals surface area (Å²) in [4.78, 5) is 0.981. The molecule has 1 heteroatoms. The maximum Gasteiger partial charge on any atom is 0.0532 e. The zero-order valence-corrected chi connectivity index (χ0v) is 14.0. The molecule has 0 N–H and O–H groups in total. The smallest absolute Gasteiger partial charge is 0.0532 e. The first kappa shape index (κ1) is 14.9. The second-order valence-corrected chi connectivity index (χ2v) is 6.28. The van der Waals surface area contributed by atoms with E-state index in [1.54, 1.807) is 0 Å². The molecule has 0 aliphatic heterocycles. The summed E-state index contributed by atoms with van der Waals surface area (Å²) >= 11 is 5.82. The average Bonchev–Trinajstić information content (AvgIpc) is 2.25. The van der Waals surface area contributed by atoms with E-state index in [1.807, 2.05) is 0 Å². The van der Waals surface area contributed by atoms with E-state index >= 15 is 0 Å². The van der Waals surface area contributed by atoms with E-state index in [4.69, 9.17) is 12.2 Å². The lowest BCUT2D eigenvalue weighted by atomic mass is 9.89. The molecule has 0 saturated heterocycles. The molecular formula is C19H22S. The molecular weight excluding hydrogens is 260 g/mol. The van der Waals surface area contributed by atoms with Crippen molar-refractivity contribution in [1.82, 2.24) is 0 Å². The molecule has 0 heterocycles. The summed E-state index contributed by atoms with van der Waals surface area (Å²) in [5.74, 6) is 0. The Bertz CT molecular complexity index is 587. The van der Waals surface area contributed by atoms with E-state index in [0.717, 1.165) is 4.86 Å². The third-order valence-corrected chi connectivity index (χ3v) is 4.22. The summed E-state index contributed by atoms with van der Waals surface area (Å²) < 4.78 is 0. The van der Waals surface area contributed by atoms with Crippen molar-refractivity contribution < 1.29 is 0 Å². The normalized spacial score (nSPS) is 10.7. The Morgan fingerprint density at radius 2 is 0.850 bits per heavy atom. The van der Waals surface area contributed by atoms with E-state index in [1.165, 1.54) is 44.5 Å². The van der Waals surface area contributed by atoms with Crippen LogP contribution in [-0.2, 0) is 0 Å². The highest BCUT2D eigenvalue weighted by Gasteiger charge is 2.15. The van der Waals surface area contributed by atoms with Crippen LogP contribution in [0.15, 0.2) is 24.3 Å². The molecule has 0 fully saturated rings. The number of hydrogen-bond acceptors (Lipinski definition) is 1. The van der Waals surface area contributed by atoms with Crippen molar-refractivity contribution in [2.24, 2.45) is 0 Å². The molecule has 0 spiro atoms. The van der Waals surface area contributed by atoms with Gasteiger partial charge in [-0.25, -0.2) is 0 Å². The van der Waals surface area contributed by atoms with Crippen LogP contribution in [0.3, 0.4) is 0 Å². The maximum atomic E-state index is 5.82. The van der Waals surface area contributed by atoms with Gasteiger partial charge in [-0.05, 0) is 74.9 Å². The van der Waals surface area contributed by atoms with Crippen molar-refractivity contribution in [2.45, 2.75) is 41.5 Å². The minimum atomic E-state index is 0.981. The first-order valence-corrected chi connectivity index (χ1v) is 7.42. The van der Waals surface area contributed by atoms with Crippen LogP contribution < -0.4 is 0 Å². The summed E-state index contributed by atoms with van der Waals surface area (Å²) in [6.45, 7) is 12.9. The third kappa shape index (κ3) is 2.69. The van der Waals surface area contributed by atoms with E-state index < -0.39 is 0 Å². The fourth-order valence-corrected chi connectivity index (χ4v) is 3.85. The molecule has 0 nitrogen and oxygen atoms in total. The molecule has 0 amide bonds. The largest absolute Gasteiger partial charge is 0.0788 e. The topological polar surface area (TPSA) is 0 Å². The minimum Gasteiger partial charge on any atom is -0.0788 e. The lowest BCUT2D eigenvalue weighted by molar-refractivity contribution is 1.28. The van der Waals surface area contributed by atoms with Gasteiger partial charge in [0.2, 0.25) is 0 Å². The van der Waals surface area contributed by atoms with E-state index in [-0.39, 0.29) is 0 Å². The summed E-state index contributed by atoms with van der Waals surface area (Å²) in [5.41, 5.74) is 10.1. The number of rotatable bonds is 2. The lowest BCUT2D eigenvalue weighted by Gasteiger charge is -2.17. The van der Waals surface area contributed by atoms with Gasteiger partial charge in [-0.2, -0.15) is 0 Å². The minimum absolute atomic E-state index is 0.981. The van der Waals surface area contributed by atoms with Gasteiger partial charge >= 0.3 is 0 Å². The molecule has 0 unspecified atom stereocenters. The van der Waals surface area contributed by atoms with Crippen LogP contribution in [0.1, 0.15) is 44.5 Å². The summed E-state index contributed by atoms with van der Waals surface area (Å²) in [7, 11) is 0. The fraction of sp³-hybridized carbons (Fsp3) is 0.316. The number of thiocarbonyl (C=S) groups is 1. The Morgan fingerprint density at radius 3 is 1.10 bits per heavy atom. The van der Waals surface area contributed by atoms with Gasteiger partial charge in [-0.3, -0.25) is 0 Å². The first-order valence-electron chi connectivity index (χ1n) is 7.01. The standard InChI is InChI=1S/C19H22S/c1-11-7-13(3)17(14(4)8-11)19(20)18-15(5)9-12(2)10-16(18)6/h7-10H,1-6H3. The Kier molecular flexibility index (Phi) is 4.10. The van der Waals surface area contributed by atoms with Crippen LogP contribution in [0.5, 0.6) is 0 Å². The van der Waals surface area contributed by atoms with Crippen LogP contribution in [0.2, 0.25) is 0 Å². The predicted octanol–water partition coefficient (Wildman–Crippen LogP) is 5.30. The Labute approximate surface area is 127 Å². The molecule has 0 bridgehead atoms. The van der Waals surface area contributed by atoms with Crippen molar-refractivity contribution in [2.75, 3.05) is 0 Å². The zero-order valence-electron chi connectivity index (χ0n) is 13.2. The van der Waals surface area contributed by atoms with Gasteiger partial charge in [0.1, 0.15) is 0 Å². The van der Waals surface area contributed by atoms with Crippen molar-refractivity contribution in [1.29, 1.82) is 0 Å². The lowest BCUT2D eigenvalue weighted by Crippen LogP contribution is -2.09. The van der Waals surface area contributed by atoms with Gasteiger partial charge in [0.15, 0.2) is 0 Å². The van der Waals surface area contributed by atoms with Gasteiger partial charge in [0, 0.05) is 0 Å². The van der Waals surface area contributed by atoms with Crippen LogP contribution in [0, 0.1) is 41.5 Å². The molecule has 0 aromatic heterocycles. The van der Waals surface area contributed by atoms with E-state index in [2.05, 4.69) is 65.8 Å². The molecule has 0 aliphatic rings. The number of hydrogen-bond donors (Lipinski definition) is 0. The molecule has 2 aromatic carbocycles. The van der Waals surface area contributed by atoms with Crippen LogP contribution in [0.25, 0.3) is 0 Å². The SMILES string of the molecule is Cc1cc(C)c(C(=S)c2c(C)cc(C)cc2C)c(C)c1. The van der Waals surface area contributed by atoms with E-state index in [0.29, 0.717) is 0 Å². The molecule has 2 aromatic rings. The molecule has 2 rings (SSSR count). The van der Waals surface area contributed by atoms with Gasteiger partial charge < -0.3 is 0 Å². The van der Waals surface area contributed by atoms with Crippen molar-refractivity contribution >= 4 is 17.1 Å². The maximum absolute atomic E-state index is 5.82. The van der Waals surface area contributed by atoms with Crippen molar-refractivity contribution in [3.63, 3.8) is 0 Å². The Morgan fingerprint density at radius 1 is 0.600 bits per heavy atom. The third-order valence-electron chi connectivity index (χ3n) is 3.81. The first-order chi connectivity index (χ1) is 9.31. The van der Waals surface area contributed by atoms with Crippen molar-refractivity contribution in [3.8, 4) is 0 Å². The molecule has 0 radical (unpaired) electrons. The van der Waals surface area contributed by atoms with Crippen molar-refractivity contribution in [3.05, 3.63) is 68.8 Å². The second kappa shape index (κ2) is 5.49. The molecule has 0 aliphatic carbocycles. The van der Waals surface area contributed by atoms with Gasteiger partial charge in [-0.1, -0.05) is 47.6 Å². The summed E-state index contributed by atoms with van der Waals surface area (Å²) in [6.07, 6.45) is 0. The monoisotopic (exact) mass is 282 g/mol.